The molecule has 1 heterocycles. The van der Waals surface area contributed by atoms with Gasteiger partial charge in [0.2, 0.25) is 0 Å². The fourth-order valence-electron chi connectivity index (χ4n) is 0.911. The molecule has 4 heteroatoms. The molecule has 0 aliphatic rings. The largest absolute Gasteiger partial charge is 0.275 e. The first kappa shape index (κ1) is 9.00. The molecule has 0 aliphatic carbocycles. The monoisotopic (exact) mass is 232 g/mol. The Morgan fingerprint density at radius 1 is 1.55 bits per heavy atom. The Kier molecular flexibility index (Phi) is 2.54. The second-order valence-corrected chi connectivity index (χ2v) is 10.3. The van der Waals surface area contributed by atoms with E-state index >= 15 is 0 Å². The van der Waals surface area contributed by atoms with E-state index in [4.69, 9.17) is 0 Å². The Morgan fingerprint density at radius 2 is 2.18 bits per heavy atom. The fourth-order valence-corrected chi connectivity index (χ4v) is 2.38. The van der Waals surface area contributed by atoms with Crippen LogP contribution in [0.15, 0.2) is 16.9 Å². The Hall–Kier alpha value is -0.0931. The van der Waals surface area contributed by atoms with Crippen molar-refractivity contribution in [2.45, 2.75) is 25.8 Å². The number of halogens is 1. The first-order chi connectivity index (χ1) is 4.97. The summed E-state index contributed by atoms with van der Waals surface area (Å²) in [6.07, 6.45) is 4.96. The minimum atomic E-state index is -1.01. The third-order valence-electron chi connectivity index (χ3n) is 1.24. The van der Waals surface area contributed by atoms with Gasteiger partial charge in [-0.1, -0.05) is 19.6 Å². The lowest BCUT2D eigenvalue weighted by Crippen LogP contribution is -2.28. The van der Waals surface area contributed by atoms with Crippen LogP contribution in [0.3, 0.4) is 0 Å². The van der Waals surface area contributed by atoms with E-state index in [-0.39, 0.29) is 0 Å². The van der Waals surface area contributed by atoms with Crippen LogP contribution >= 0.6 is 15.9 Å². The zero-order chi connectivity index (χ0) is 8.48. The lowest BCUT2D eigenvalue weighted by atomic mass is 10.8. The number of nitrogens with zero attached hydrogens (tertiary/aromatic N) is 2. The molecule has 0 atom stereocenters. The smallest absolute Gasteiger partial charge is 0.0693 e. The summed E-state index contributed by atoms with van der Waals surface area (Å²) in [6, 6.07) is 0. The van der Waals surface area contributed by atoms with Crippen LogP contribution in [0.1, 0.15) is 0 Å². The van der Waals surface area contributed by atoms with Crippen molar-refractivity contribution in [2.24, 2.45) is 0 Å². The van der Waals surface area contributed by atoms with E-state index in [1.54, 1.807) is 0 Å². The molecule has 0 fully saturated rings. The molecular weight excluding hydrogens is 220 g/mol. The molecule has 1 rings (SSSR count). The maximum atomic E-state index is 4.21. The molecule has 62 valence electrons. The zero-order valence-corrected chi connectivity index (χ0v) is 9.72. The second-order valence-electron chi connectivity index (χ2n) is 3.92. The van der Waals surface area contributed by atoms with Gasteiger partial charge in [-0.25, -0.2) is 0 Å². The standard InChI is InChI=1S/C7H13BrN2Si/c1-11(2,3)6-10-5-7(8)4-9-10/h4-5H,6H2,1-3H3. The van der Waals surface area contributed by atoms with Gasteiger partial charge in [0.1, 0.15) is 0 Å². The summed E-state index contributed by atoms with van der Waals surface area (Å²) in [6.45, 7) is 7.01. The van der Waals surface area contributed by atoms with Crippen LogP contribution in [0.4, 0.5) is 0 Å². The van der Waals surface area contributed by atoms with Crippen molar-refractivity contribution in [3.63, 3.8) is 0 Å². The number of rotatable bonds is 2. The molecule has 0 amide bonds. The van der Waals surface area contributed by atoms with Crippen molar-refractivity contribution in [1.29, 1.82) is 0 Å². The summed E-state index contributed by atoms with van der Waals surface area (Å²) in [5, 5.41) is 4.21. The lowest BCUT2D eigenvalue weighted by molar-refractivity contribution is 0.725. The summed E-state index contributed by atoms with van der Waals surface area (Å²) in [4.78, 5) is 0. The first-order valence-corrected chi connectivity index (χ1v) is 8.15. The molecule has 0 aliphatic heterocycles. The molecule has 0 N–H and O–H groups in total. The maximum absolute atomic E-state index is 4.21. The van der Waals surface area contributed by atoms with Gasteiger partial charge in [-0.3, -0.25) is 4.68 Å². The van der Waals surface area contributed by atoms with Crippen LogP contribution in [0.5, 0.6) is 0 Å². The highest BCUT2D eigenvalue weighted by atomic mass is 79.9. The molecule has 0 radical (unpaired) electrons. The topological polar surface area (TPSA) is 17.8 Å². The summed E-state index contributed by atoms with van der Waals surface area (Å²) in [7, 11) is -1.01. The van der Waals surface area contributed by atoms with Gasteiger partial charge in [0.15, 0.2) is 0 Å². The average Bonchev–Trinajstić information content (AvgIpc) is 2.10. The normalized spacial score (nSPS) is 12.0. The summed E-state index contributed by atoms with van der Waals surface area (Å²) in [5.41, 5.74) is 0. The molecule has 2 nitrogen and oxygen atoms in total. The molecule has 0 unspecified atom stereocenters. The van der Waals surface area contributed by atoms with E-state index in [1.165, 1.54) is 0 Å². The van der Waals surface area contributed by atoms with Gasteiger partial charge in [0.25, 0.3) is 0 Å². The van der Waals surface area contributed by atoms with Gasteiger partial charge in [0, 0.05) is 12.4 Å². The fraction of sp³-hybridized carbons (Fsp3) is 0.571. The number of hydrogen-bond donors (Lipinski definition) is 0. The van der Waals surface area contributed by atoms with Crippen molar-refractivity contribution >= 4 is 24.0 Å². The van der Waals surface area contributed by atoms with Gasteiger partial charge in [0.05, 0.1) is 18.7 Å². The Morgan fingerprint density at radius 3 is 2.55 bits per heavy atom. The quantitative estimate of drug-likeness (QED) is 0.718. The first-order valence-electron chi connectivity index (χ1n) is 3.65. The van der Waals surface area contributed by atoms with Crippen molar-refractivity contribution in [1.82, 2.24) is 9.78 Å². The second kappa shape index (κ2) is 3.11. The van der Waals surface area contributed by atoms with Crippen molar-refractivity contribution in [3.8, 4) is 0 Å². The average molecular weight is 233 g/mol. The number of hydrogen-bond acceptors (Lipinski definition) is 1. The maximum Gasteiger partial charge on any atom is 0.0693 e. The molecular formula is C7H13BrN2Si. The molecule has 0 aromatic carbocycles. The van der Waals surface area contributed by atoms with Gasteiger partial charge in [-0.2, -0.15) is 5.10 Å². The highest BCUT2D eigenvalue weighted by molar-refractivity contribution is 9.10. The van der Waals surface area contributed by atoms with E-state index in [0.29, 0.717) is 0 Å². The molecule has 0 saturated heterocycles. The van der Waals surface area contributed by atoms with Gasteiger partial charge < -0.3 is 0 Å². The van der Waals surface area contributed by atoms with E-state index in [0.717, 1.165) is 10.6 Å². The Labute approximate surface area is 76.7 Å². The molecule has 0 spiro atoms. The Balaban J connectivity index is 2.65. The predicted octanol–water partition coefficient (Wildman–Crippen LogP) is 2.52. The third-order valence-corrected chi connectivity index (χ3v) is 2.92. The van der Waals surface area contributed by atoms with E-state index < -0.39 is 8.07 Å². The van der Waals surface area contributed by atoms with Crippen LogP contribution in [0.25, 0.3) is 0 Å². The molecule has 0 saturated carbocycles. The van der Waals surface area contributed by atoms with Gasteiger partial charge in [-0.15, -0.1) is 0 Å². The minimum absolute atomic E-state index is 1.01. The molecule has 1 aromatic heterocycles. The summed E-state index contributed by atoms with van der Waals surface area (Å²) >= 11 is 3.37. The van der Waals surface area contributed by atoms with Crippen LogP contribution in [0.2, 0.25) is 19.6 Å². The lowest BCUT2D eigenvalue weighted by Gasteiger charge is -2.14. The van der Waals surface area contributed by atoms with Crippen molar-refractivity contribution in [3.05, 3.63) is 16.9 Å². The van der Waals surface area contributed by atoms with Crippen molar-refractivity contribution in [2.75, 3.05) is 0 Å². The van der Waals surface area contributed by atoms with Gasteiger partial charge >= 0.3 is 0 Å². The molecule has 11 heavy (non-hydrogen) atoms. The van der Waals surface area contributed by atoms with Crippen LogP contribution < -0.4 is 0 Å². The van der Waals surface area contributed by atoms with Crippen LogP contribution in [-0.2, 0) is 6.17 Å². The van der Waals surface area contributed by atoms with E-state index in [9.17, 15) is 0 Å². The van der Waals surface area contributed by atoms with E-state index in [1.807, 2.05) is 17.1 Å². The van der Waals surface area contributed by atoms with Gasteiger partial charge in [-0.05, 0) is 15.9 Å². The van der Waals surface area contributed by atoms with Crippen LogP contribution in [0, 0.1) is 0 Å². The van der Waals surface area contributed by atoms with Crippen molar-refractivity contribution < 1.29 is 0 Å². The minimum Gasteiger partial charge on any atom is -0.275 e. The molecule has 1 aromatic rings. The summed E-state index contributed by atoms with van der Waals surface area (Å²) in [5.74, 6) is 0. The highest BCUT2D eigenvalue weighted by Gasteiger charge is 2.13. The Bertz CT molecular complexity index is 239. The predicted molar refractivity (Wildman–Crippen MR) is 53.3 cm³/mol. The zero-order valence-electron chi connectivity index (χ0n) is 7.13. The highest BCUT2D eigenvalue weighted by Crippen LogP contribution is 2.09. The summed E-state index contributed by atoms with van der Waals surface area (Å²) < 4.78 is 3.08. The molecule has 0 bridgehead atoms. The van der Waals surface area contributed by atoms with E-state index in [2.05, 4.69) is 40.7 Å². The number of aromatic nitrogens is 2. The third kappa shape index (κ3) is 3.20. The SMILES string of the molecule is C[Si](C)(C)Cn1cc(Br)cn1. The van der Waals surface area contributed by atoms with Crippen LogP contribution in [-0.4, -0.2) is 17.9 Å².